The molecule has 29 heavy (non-hydrogen) atoms. The molecule has 0 radical (unpaired) electrons. The largest absolute Gasteiger partial charge is 0.573 e. The van der Waals surface area contributed by atoms with Crippen LogP contribution in [0.15, 0.2) is 18.2 Å². The maximum atomic E-state index is 12.6. The van der Waals surface area contributed by atoms with Gasteiger partial charge in [-0.3, -0.25) is 4.90 Å². The molecule has 0 unspecified atom stereocenters. The molecular weight excluding hydrogens is 389 g/mol. The molecule has 0 aliphatic carbocycles. The predicted octanol–water partition coefficient (Wildman–Crippen LogP) is 4.43. The number of rotatable bonds is 5. The summed E-state index contributed by atoms with van der Waals surface area (Å²) >= 11 is 0. The summed E-state index contributed by atoms with van der Waals surface area (Å²) in [6.07, 6.45) is -5.11. The molecule has 2 rings (SSSR count). The number of amides is 1. The van der Waals surface area contributed by atoms with E-state index in [-0.39, 0.29) is 17.9 Å². The molecule has 0 bridgehead atoms. The highest BCUT2D eigenvalue weighted by molar-refractivity contribution is 5.68. The van der Waals surface area contributed by atoms with Gasteiger partial charge in [-0.15, -0.1) is 13.2 Å². The zero-order valence-electron chi connectivity index (χ0n) is 17.5. The number of carbonyl (C=O) groups is 1. The average molecular weight is 418 g/mol. The second-order valence-corrected chi connectivity index (χ2v) is 8.01. The molecule has 1 saturated heterocycles. The Labute approximate surface area is 169 Å². The molecule has 1 aromatic rings. The number of piperazine rings is 1. The quantitative estimate of drug-likeness (QED) is 0.708. The number of alkyl halides is 3. The molecule has 0 aromatic heterocycles. The lowest BCUT2D eigenvalue weighted by Gasteiger charge is -2.40. The van der Waals surface area contributed by atoms with E-state index in [0.29, 0.717) is 44.1 Å². The molecule has 1 atom stereocenters. The van der Waals surface area contributed by atoms with Crippen LogP contribution >= 0.6 is 0 Å². The maximum absolute atomic E-state index is 12.6. The molecule has 1 fully saturated rings. The minimum atomic E-state index is -4.75. The van der Waals surface area contributed by atoms with Gasteiger partial charge in [0.1, 0.15) is 17.1 Å². The highest BCUT2D eigenvalue weighted by Gasteiger charge is 2.33. The molecular formula is C20H29F3N2O4. The van der Waals surface area contributed by atoms with Gasteiger partial charge in [-0.2, -0.15) is 0 Å². The van der Waals surface area contributed by atoms with Crippen LogP contribution < -0.4 is 9.47 Å². The van der Waals surface area contributed by atoms with Crippen LogP contribution in [-0.4, -0.2) is 60.1 Å². The smallest absolute Gasteiger partial charge is 0.494 e. The lowest BCUT2D eigenvalue weighted by molar-refractivity contribution is -0.274. The summed E-state index contributed by atoms with van der Waals surface area (Å²) in [7, 11) is 0. The Balaban J connectivity index is 2.08. The summed E-state index contributed by atoms with van der Waals surface area (Å²) in [5.41, 5.74) is 0.0331. The van der Waals surface area contributed by atoms with Crippen molar-refractivity contribution < 1.29 is 32.2 Å². The summed E-state index contributed by atoms with van der Waals surface area (Å²) < 4.78 is 52.7. The van der Waals surface area contributed by atoms with Gasteiger partial charge in [0, 0.05) is 37.8 Å². The van der Waals surface area contributed by atoms with Crippen molar-refractivity contribution in [1.29, 1.82) is 0 Å². The average Bonchev–Trinajstić information content (AvgIpc) is 2.54. The Hall–Kier alpha value is -2.16. The van der Waals surface area contributed by atoms with Gasteiger partial charge in [-0.05, 0) is 52.8 Å². The van der Waals surface area contributed by atoms with Crippen LogP contribution in [0.2, 0.25) is 0 Å². The third-order valence-corrected chi connectivity index (χ3v) is 4.30. The molecule has 1 heterocycles. The fraction of sp³-hybridized carbons (Fsp3) is 0.650. The zero-order valence-corrected chi connectivity index (χ0v) is 17.5. The molecule has 0 saturated carbocycles. The molecule has 1 aliphatic heterocycles. The van der Waals surface area contributed by atoms with Crippen LogP contribution in [-0.2, 0) is 11.3 Å². The molecule has 6 nitrogen and oxygen atoms in total. The summed E-state index contributed by atoms with van der Waals surface area (Å²) in [5.74, 6) is 0.237. The van der Waals surface area contributed by atoms with Crippen molar-refractivity contribution in [2.24, 2.45) is 0 Å². The Morgan fingerprint density at radius 3 is 2.45 bits per heavy atom. The van der Waals surface area contributed by atoms with E-state index in [0.717, 1.165) is 0 Å². The number of hydrogen-bond acceptors (Lipinski definition) is 5. The topological polar surface area (TPSA) is 51.2 Å². The number of nitrogens with zero attached hydrogens (tertiary/aromatic N) is 2. The molecule has 0 N–H and O–H groups in total. The summed E-state index contributed by atoms with van der Waals surface area (Å²) in [5, 5.41) is 0. The van der Waals surface area contributed by atoms with Gasteiger partial charge in [0.25, 0.3) is 0 Å². The van der Waals surface area contributed by atoms with E-state index in [9.17, 15) is 18.0 Å². The lowest BCUT2D eigenvalue weighted by atomic mass is 10.1. The molecule has 164 valence electrons. The highest BCUT2D eigenvalue weighted by atomic mass is 19.4. The minimum absolute atomic E-state index is 0.0937. The van der Waals surface area contributed by atoms with Gasteiger partial charge in [0.15, 0.2) is 0 Å². The van der Waals surface area contributed by atoms with Crippen molar-refractivity contribution in [3.05, 3.63) is 23.8 Å². The number of hydrogen-bond donors (Lipinski definition) is 0. The molecule has 1 amide bonds. The van der Waals surface area contributed by atoms with E-state index in [1.807, 2.05) is 34.6 Å². The first kappa shape index (κ1) is 23.1. The first-order valence-corrected chi connectivity index (χ1v) is 9.61. The first-order chi connectivity index (χ1) is 13.4. The second kappa shape index (κ2) is 9.11. The minimum Gasteiger partial charge on any atom is -0.494 e. The monoisotopic (exact) mass is 418 g/mol. The van der Waals surface area contributed by atoms with Crippen molar-refractivity contribution in [1.82, 2.24) is 9.80 Å². The van der Waals surface area contributed by atoms with E-state index in [4.69, 9.17) is 9.47 Å². The first-order valence-electron chi connectivity index (χ1n) is 9.61. The van der Waals surface area contributed by atoms with Gasteiger partial charge >= 0.3 is 12.5 Å². The van der Waals surface area contributed by atoms with Crippen LogP contribution in [0, 0.1) is 0 Å². The fourth-order valence-corrected chi connectivity index (χ4v) is 3.18. The van der Waals surface area contributed by atoms with Crippen LogP contribution in [0.3, 0.4) is 0 Å². The molecule has 9 heteroatoms. The zero-order chi connectivity index (χ0) is 21.8. The summed E-state index contributed by atoms with van der Waals surface area (Å²) in [4.78, 5) is 16.1. The molecule has 1 aromatic carbocycles. The van der Waals surface area contributed by atoms with Crippen LogP contribution in [0.1, 0.15) is 40.2 Å². The van der Waals surface area contributed by atoms with Crippen LogP contribution in [0.5, 0.6) is 11.5 Å². The SMILES string of the molecule is CCOc1ccc(OC(F)(F)F)cc1CN1CCN(C(=O)OC(C)(C)C)[C@@H](C)C1. The summed E-state index contributed by atoms with van der Waals surface area (Å²) in [6.45, 7) is 11.6. The van der Waals surface area contributed by atoms with Gasteiger partial charge in [0.2, 0.25) is 0 Å². The number of carbonyl (C=O) groups excluding carboxylic acids is 1. The van der Waals surface area contributed by atoms with E-state index in [1.165, 1.54) is 18.2 Å². The fourth-order valence-electron chi connectivity index (χ4n) is 3.18. The number of benzene rings is 1. The number of halogens is 3. The van der Waals surface area contributed by atoms with Gasteiger partial charge in [-0.1, -0.05) is 0 Å². The van der Waals surface area contributed by atoms with Crippen molar-refractivity contribution in [2.75, 3.05) is 26.2 Å². The standard InChI is InChI=1S/C20H29F3N2O4/c1-6-27-17-8-7-16(28-20(21,22)23)11-15(17)13-24-9-10-25(14(2)12-24)18(26)29-19(3,4)5/h7-8,11,14H,6,9-10,12-13H2,1-5H3/t14-/m0/s1. The van der Waals surface area contributed by atoms with Gasteiger partial charge in [-0.25, -0.2) is 4.79 Å². The highest BCUT2D eigenvalue weighted by Crippen LogP contribution is 2.30. The van der Waals surface area contributed by atoms with E-state index in [1.54, 1.807) is 4.90 Å². The Morgan fingerprint density at radius 2 is 1.90 bits per heavy atom. The Bertz CT molecular complexity index is 704. The number of ether oxygens (including phenoxy) is 3. The Kier molecular flexibility index (Phi) is 7.26. The van der Waals surface area contributed by atoms with E-state index in [2.05, 4.69) is 9.64 Å². The van der Waals surface area contributed by atoms with Crippen LogP contribution in [0.25, 0.3) is 0 Å². The van der Waals surface area contributed by atoms with Gasteiger partial charge < -0.3 is 19.1 Å². The third-order valence-electron chi connectivity index (χ3n) is 4.30. The van der Waals surface area contributed by atoms with Crippen molar-refractivity contribution in [3.8, 4) is 11.5 Å². The van der Waals surface area contributed by atoms with Crippen molar-refractivity contribution in [2.45, 2.75) is 59.2 Å². The predicted molar refractivity (Wildman–Crippen MR) is 102 cm³/mol. The van der Waals surface area contributed by atoms with E-state index < -0.39 is 12.0 Å². The van der Waals surface area contributed by atoms with Crippen molar-refractivity contribution >= 4 is 6.09 Å². The third kappa shape index (κ3) is 7.30. The van der Waals surface area contributed by atoms with Crippen molar-refractivity contribution in [3.63, 3.8) is 0 Å². The Morgan fingerprint density at radius 1 is 1.21 bits per heavy atom. The molecule has 1 aliphatic rings. The second-order valence-electron chi connectivity index (χ2n) is 8.01. The van der Waals surface area contributed by atoms with E-state index >= 15 is 0 Å². The normalized spacial score (nSPS) is 18.5. The lowest BCUT2D eigenvalue weighted by Crippen LogP contribution is -2.54. The summed E-state index contributed by atoms with van der Waals surface area (Å²) in [6, 6.07) is 3.98. The van der Waals surface area contributed by atoms with Gasteiger partial charge in [0.05, 0.1) is 6.61 Å². The maximum Gasteiger partial charge on any atom is 0.573 e. The molecule has 0 spiro atoms. The van der Waals surface area contributed by atoms with Crippen LogP contribution in [0.4, 0.5) is 18.0 Å².